The van der Waals surface area contributed by atoms with Crippen LogP contribution >= 0.6 is 0 Å². The van der Waals surface area contributed by atoms with Crippen molar-refractivity contribution in [2.24, 2.45) is 10.8 Å². The van der Waals surface area contributed by atoms with Crippen LogP contribution in [-0.2, 0) is 0 Å². The highest BCUT2D eigenvalue weighted by molar-refractivity contribution is 4.86. The average molecular weight is 239 g/mol. The van der Waals surface area contributed by atoms with Gasteiger partial charge in [0.1, 0.15) is 0 Å². The van der Waals surface area contributed by atoms with E-state index in [1.54, 1.807) is 0 Å². The zero-order chi connectivity index (χ0) is 13.5. The Morgan fingerprint density at radius 1 is 0.882 bits per heavy atom. The summed E-state index contributed by atoms with van der Waals surface area (Å²) in [5.41, 5.74) is 0.844. The molecular weight excluding hydrogens is 206 g/mol. The van der Waals surface area contributed by atoms with Crippen molar-refractivity contribution in [1.82, 2.24) is 4.90 Å². The molecule has 0 atom stereocenters. The maximum Gasteiger partial charge on any atom is 0.00270 e. The van der Waals surface area contributed by atoms with E-state index in [9.17, 15) is 0 Å². The number of rotatable bonds is 6. The molecule has 0 amide bonds. The van der Waals surface area contributed by atoms with E-state index >= 15 is 0 Å². The van der Waals surface area contributed by atoms with Crippen molar-refractivity contribution in [1.29, 1.82) is 0 Å². The average Bonchev–Trinajstić information content (AvgIpc) is 2.06. The van der Waals surface area contributed by atoms with E-state index in [-0.39, 0.29) is 0 Å². The van der Waals surface area contributed by atoms with Crippen LogP contribution in [0.1, 0.15) is 60.8 Å². The molecule has 102 valence electrons. The van der Waals surface area contributed by atoms with Gasteiger partial charge in [-0.05, 0) is 43.7 Å². The Morgan fingerprint density at radius 3 is 1.94 bits per heavy atom. The lowest BCUT2D eigenvalue weighted by Crippen LogP contribution is -2.29. The summed E-state index contributed by atoms with van der Waals surface area (Å²) in [6.45, 7) is 16.1. The van der Waals surface area contributed by atoms with Crippen LogP contribution in [0.4, 0.5) is 0 Å². The molecule has 0 fully saturated rings. The summed E-state index contributed by atoms with van der Waals surface area (Å²) in [5, 5.41) is 0. The van der Waals surface area contributed by atoms with Crippen LogP contribution in [0.25, 0.3) is 0 Å². The van der Waals surface area contributed by atoms with Gasteiger partial charge in [-0.1, -0.05) is 53.7 Å². The largest absolute Gasteiger partial charge is 0.306 e. The molecule has 0 aliphatic heterocycles. The van der Waals surface area contributed by atoms with Gasteiger partial charge < -0.3 is 4.90 Å². The molecule has 0 aliphatic rings. The minimum atomic E-state index is 0.414. The van der Waals surface area contributed by atoms with Crippen molar-refractivity contribution in [3.8, 4) is 0 Å². The molecule has 0 unspecified atom stereocenters. The van der Waals surface area contributed by atoms with E-state index in [4.69, 9.17) is 0 Å². The fourth-order valence-electron chi connectivity index (χ4n) is 1.92. The molecule has 1 heteroatoms. The van der Waals surface area contributed by atoms with Crippen LogP contribution in [0.15, 0.2) is 12.2 Å². The summed E-state index contributed by atoms with van der Waals surface area (Å²) in [5.74, 6) is 0. The van der Waals surface area contributed by atoms with E-state index in [2.05, 4.69) is 65.6 Å². The number of nitrogens with zero attached hydrogens (tertiary/aromatic N) is 1. The van der Waals surface area contributed by atoms with Gasteiger partial charge in [0.2, 0.25) is 0 Å². The third kappa shape index (κ3) is 13.6. The minimum absolute atomic E-state index is 0.414. The fourth-order valence-corrected chi connectivity index (χ4v) is 1.92. The molecule has 0 spiro atoms. The van der Waals surface area contributed by atoms with Crippen LogP contribution in [-0.4, -0.2) is 25.0 Å². The minimum Gasteiger partial charge on any atom is -0.306 e. The van der Waals surface area contributed by atoms with Crippen LogP contribution in [0.5, 0.6) is 0 Å². The fraction of sp³-hybridized carbons (Fsp3) is 0.875. The molecule has 0 bridgehead atoms. The number of hydrogen-bond acceptors (Lipinski definition) is 1. The lowest BCUT2D eigenvalue weighted by atomic mass is 9.92. The predicted octanol–water partition coefficient (Wildman–Crippen LogP) is 4.74. The summed E-state index contributed by atoms with van der Waals surface area (Å²) in [6, 6.07) is 0. The van der Waals surface area contributed by atoms with Gasteiger partial charge in [-0.2, -0.15) is 0 Å². The molecule has 0 saturated carbocycles. The molecule has 0 aromatic heterocycles. The van der Waals surface area contributed by atoms with Gasteiger partial charge >= 0.3 is 0 Å². The lowest BCUT2D eigenvalue weighted by molar-refractivity contribution is 0.225. The first kappa shape index (κ1) is 16.7. The van der Waals surface area contributed by atoms with Gasteiger partial charge in [0, 0.05) is 6.54 Å². The Balaban J connectivity index is 3.58. The normalized spacial score (nSPS) is 13.9. The van der Waals surface area contributed by atoms with Crippen molar-refractivity contribution >= 4 is 0 Å². The second kappa shape index (κ2) is 7.20. The van der Waals surface area contributed by atoms with E-state index in [1.807, 2.05) is 0 Å². The van der Waals surface area contributed by atoms with Crippen molar-refractivity contribution < 1.29 is 0 Å². The Kier molecular flexibility index (Phi) is 7.08. The molecule has 0 aromatic carbocycles. The molecule has 0 aliphatic carbocycles. The monoisotopic (exact) mass is 239 g/mol. The molecule has 0 aromatic rings. The van der Waals surface area contributed by atoms with Gasteiger partial charge in [0.15, 0.2) is 0 Å². The van der Waals surface area contributed by atoms with Crippen LogP contribution in [0.2, 0.25) is 0 Å². The third-order valence-electron chi connectivity index (χ3n) is 2.55. The van der Waals surface area contributed by atoms with E-state index in [0.29, 0.717) is 10.8 Å². The van der Waals surface area contributed by atoms with Crippen LogP contribution in [0, 0.1) is 10.8 Å². The van der Waals surface area contributed by atoms with Crippen LogP contribution in [0.3, 0.4) is 0 Å². The van der Waals surface area contributed by atoms with E-state index < -0.39 is 0 Å². The van der Waals surface area contributed by atoms with Gasteiger partial charge in [-0.15, -0.1) is 0 Å². The van der Waals surface area contributed by atoms with E-state index in [1.165, 1.54) is 32.4 Å². The number of hydrogen-bond donors (Lipinski definition) is 0. The van der Waals surface area contributed by atoms with Gasteiger partial charge in [0.25, 0.3) is 0 Å². The summed E-state index contributed by atoms with van der Waals surface area (Å²) in [7, 11) is 2.23. The van der Waals surface area contributed by atoms with Crippen molar-refractivity contribution in [3.63, 3.8) is 0 Å². The molecule has 17 heavy (non-hydrogen) atoms. The summed E-state index contributed by atoms with van der Waals surface area (Å²) in [6.07, 6.45) is 8.35. The topological polar surface area (TPSA) is 3.24 Å². The quantitative estimate of drug-likeness (QED) is 0.478. The van der Waals surface area contributed by atoms with Crippen molar-refractivity contribution in [3.05, 3.63) is 12.2 Å². The highest BCUT2D eigenvalue weighted by atomic mass is 15.1. The highest BCUT2D eigenvalue weighted by Crippen LogP contribution is 2.19. The molecule has 0 N–H and O–H groups in total. The van der Waals surface area contributed by atoms with Crippen LogP contribution < -0.4 is 0 Å². The first-order chi connectivity index (χ1) is 7.60. The Labute approximate surface area is 109 Å². The summed E-state index contributed by atoms with van der Waals surface area (Å²) >= 11 is 0. The smallest absolute Gasteiger partial charge is 0.00270 e. The maximum absolute atomic E-state index is 2.44. The molecule has 0 rings (SSSR count). The Hall–Kier alpha value is -0.300. The Bertz CT molecular complexity index is 215. The molecular formula is C16H33N. The second-order valence-corrected chi connectivity index (χ2v) is 7.68. The summed E-state index contributed by atoms with van der Waals surface area (Å²) < 4.78 is 0. The Morgan fingerprint density at radius 2 is 1.47 bits per heavy atom. The zero-order valence-corrected chi connectivity index (χ0v) is 13.1. The predicted molar refractivity (Wildman–Crippen MR) is 79.4 cm³/mol. The molecule has 0 radical (unpaired) electrons. The summed E-state index contributed by atoms with van der Waals surface area (Å²) in [4.78, 5) is 2.44. The first-order valence-corrected chi connectivity index (χ1v) is 6.94. The van der Waals surface area contributed by atoms with Gasteiger partial charge in [0.05, 0.1) is 0 Å². The highest BCUT2D eigenvalue weighted by Gasteiger charge is 2.12. The number of unbranched alkanes of at least 4 members (excludes halogenated alkanes) is 1. The van der Waals surface area contributed by atoms with E-state index in [0.717, 1.165) is 0 Å². The van der Waals surface area contributed by atoms with Crippen molar-refractivity contribution in [2.45, 2.75) is 60.8 Å². The SMILES string of the molecule is CN(CCC/C=C/CC(C)(C)C)CC(C)(C)C. The second-order valence-electron chi connectivity index (χ2n) is 7.68. The lowest BCUT2D eigenvalue weighted by Gasteiger charge is -2.26. The maximum atomic E-state index is 2.44. The van der Waals surface area contributed by atoms with Gasteiger partial charge in [-0.25, -0.2) is 0 Å². The standard InChI is InChI=1S/C16H33N/c1-15(2,3)12-10-8-9-11-13-17(7)14-16(4,5)6/h8,10H,9,11-14H2,1-7H3/b10-8+. The molecule has 0 heterocycles. The molecule has 1 nitrogen and oxygen atoms in total. The zero-order valence-electron chi connectivity index (χ0n) is 13.1. The first-order valence-electron chi connectivity index (χ1n) is 6.94. The van der Waals surface area contributed by atoms with Crippen molar-refractivity contribution in [2.75, 3.05) is 20.1 Å². The number of allylic oxidation sites excluding steroid dienone is 2. The third-order valence-corrected chi connectivity index (χ3v) is 2.55. The van der Waals surface area contributed by atoms with Gasteiger partial charge in [-0.3, -0.25) is 0 Å². The molecule has 0 saturated heterocycles.